The van der Waals surface area contributed by atoms with E-state index in [4.69, 9.17) is 0 Å². The van der Waals surface area contributed by atoms with E-state index in [0.717, 1.165) is 84.9 Å². The van der Waals surface area contributed by atoms with Crippen molar-refractivity contribution in [2.24, 2.45) is 18.9 Å². The SMILES string of the molecule is Cn1c(-c2ccc(NC(=O)C3CCCCC3)cc2)cc2cc(NC(=O)C3CCCCC3)ccc21. The van der Waals surface area contributed by atoms with Crippen molar-refractivity contribution in [3.05, 3.63) is 48.5 Å². The van der Waals surface area contributed by atoms with Gasteiger partial charge in [0.1, 0.15) is 0 Å². The molecule has 5 nitrogen and oxygen atoms in total. The van der Waals surface area contributed by atoms with Gasteiger partial charge in [-0.3, -0.25) is 9.59 Å². The minimum atomic E-state index is 0.146. The van der Waals surface area contributed by atoms with Crippen molar-refractivity contribution in [1.82, 2.24) is 4.57 Å². The molecule has 5 rings (SSSR count). The summed E-state index contributed by atoms with van der Waals surface area (Å²) < 4.78 is 2.18. The molecule has 0 saturated heterocycles. The van der Waals surface area contributed by atoms with E-state index in [-0.39, 0.29) is 23.7 Å². The fourth-order valence-corrected chi connectivity index (χ4v) is 5.65. The minimum Gasteiger partial charge on any atom is -0.344 e. The molecule has 2 aromatic carbocycles. The number of benzene rings is 2. The molecule has 0 atom stereocenters. The molecule has 178 valence electrons. The maximum Gasteiger partial charge on any atom is 0.227 e. The van der Waals surface area contributed by atoms with Gasteiger partial charge in [0.2, 0.25) is 11.8 Å². The number of rotatable bonds is 5. The molecule has 2 fully saturated rings. The highest BCUT2D eigenvalue weighted by Crippen LogP contribution is 2.31. The van der Waals surface area contributed by atoms with Gasteiger partial charge in [0.15, 0.2) is 0 Å². The zero-order valence-electron chi connectivity index (χ0n) is 20.1. The van der Waals surface area contributed by atoms with E-state index >= 15 is 0 Å². The third-order valence-electron chi connectivity index (χ3n) is 7.71. The summed E-state index contributed by atoms with van der Waals surface area (Å²) >= 11 is 0. The van der Waals surface area contributed by atoms with Crippen molar-refractivity contribution in [2.75, 3.05) is 10.6 Å². The Balaban J connectivity index is 1.29. The molecular formula is C29H35N3O2. The second-order valence-corrected chi connectivity index (χ2v) is 10.1. The van der Waals surface area contributed by atoms with Crippen LogP contribution in [-0.2, 0) is 16.6 Å². The molecule has 0 unspecified atom stereocenters. The molecule has 2 aliphatic rings. The molecule has 2 saturated carbocycles. The predicted octanol–water partition coefficient (Wildman–Crippen LogP) is 6.88. The Labute approximate surface area is 201 Å². The van der Waals surface area contributed by atoms with E-state index in [9.17, 15) is 9.59 Å². The van der Waals surface area contributed by atoms with Crippen LogP contribution in [-0.4, -0.2) is 16.4 Å². The number of fused-ring (bicyclic) bond motifs is 1. The van der Waals surface area contributed by atoms with Crippen LogP contribution in [0.5, 0.6) is 0 Å². The van der Waals surface area contributed by atoms with Gasteiger partial charge in [0.25, 0.3) is 0 Å². The second kappa shape index (κ2) is 10.0. The van der Waals surface area contributed by atoms with E-state index in [2.05, 4.69) is 52.6 Å². The fourth-order valence-electron chi connectivity index (χ4n) is 5.65. The lowest BCUT2D eigenvalue weighted by molar-refractivity contribution is -0.121. The summed E-state index contributed by atoms with van der Waals surface area (Å²) in [7, 11) is 2.07. The molecule has 0 spiro atoms. The van der Waals surface area contributed by atoms with Crippen molar-refractivity contribution in [1.29, 1.82) is 0 Å². The van der Waals surface area contributed by atoms with Crippen molar-refractivity contribution in [2.45, 2.75) is 64.2 Å². The summed E-state index contributed by atoms with van der Waals surface area (Å²) in [6, 6.07) is 16.4. The van der Waals surface area contributed by atoms with Gasteiger partial charge in [-0.15, -0.1) is 0 Å². The lowest BCUT2D eigenvalue weighted by atomic mass is 9.88. The number of amides is 2. The number of hydrogen-bond acceptors (Lipinski definition) is 2. The Morgan fingerprint density at radius 3 is 1.82 bits per heavy atom. The summed E-state index contributed by atoms with van der Waals surface area (Å²) in [6.07, 6.45) is 11.1. The topological polar surface area (TPSA) is 63.1 Å². The molecule has 1 aromatic heterocycles. The average Bonchev–Trinajstić information content (AvgIpc) is 3.21. The van der Waals surface area contributed by atoms with Crippen LogP contribution in [0.4, 0.5) is 11.4 Å². The van der Waals surface area contributed by atoms with Crippen LogP contribution in [0, 0.1) is 11.8 Å². The van der Waals surface area contributed by atoms with E-state index in [0.29, 0.717) is 0 Å². The second-order valence-electron chi connectivity index (χ2n) is 10.1. The summed E-state index contributed by atoms with van der Waals surface area (Å²) in [6.45, 7) is 0. The molecule has 1 heterocycles. The molecule has 0 radical (unpaired) electrons. The molecule has 3 aromatic rings. The van der Waals surface area contributed by atoms with Crippen LogP contribution < -0.4 is 10.6 Å². The predicted molar refractivity (Wildman–Crippen MR) is 139 cm³/mol. The number of nitrogens with zero attached hydrogens (tertiary/aromatic N) is 1. The van der Waals surface area contributed by atoms with Gasteiger partial charge >= 0.3 is 0 Å². The number of anilines is 2. The molecule has 5 heteroatoms. The smallest absolute Gasteiger partial charge is 0.227 e. The van der Waals surface area contributed by atoms with Crippen LogP contribution in [0.15, 0.2) is 48.5 Å². The number of nitrogens with one attached hydrogen (secondary N) is 2. The highest BCUT2D eigenvalue weighted by Gasteiger charge is 2.22. The van der Waals surface area contributed by atoms with Gasteiger partial charge in [-0.05, 0) is 67.6 Å². The zero-order valence-corrected chi connectivity index (χ0v) is 20.1. The van der Waals surface area contributed by atoms with Gasteiger partial charge in [0, 0.05) is 46.9 Å². The van der Waals surface area contributed by atoms with Gasteiger partial charge in [-0.1, -0.05) is 50.7 Å². The highest BCUT2D eigenvalue weighted by atomic mass is 16.2. The zero-order chi connectivity index (χ0) is 23.5. The molecule has 0 bridgehead atoms. The Bertz CT molecular complexity index is 1170. The summed E-state index contributed by atoms with van der Waals surface area (Å²) in [5.74, 6) is 0.605. The molecule has 34 heavy (non-hydrogen) atoms. The molecular weight excluding hydrogens is 422 g/mol. The first-order valence-corrected chi connectivity index (χ1v) is 12.9. The van der Waals surface area contributed by atoms with Crippen LogP contribution in [0.2, 0.25) is 0 Å². The van der Waals surface area contributed by atoms with E-state index in [1.54, 1.807) is 0 Å². The molecule has 2 aliphatic carbocycles. The third kappa shape index (κ3) is 4.89. The monoisotopic (exact) mass is 457 g/mol. The third-order valence-corrected chi connectivity index (χ3v) is 7.71. The maximum atomic E-state index is 12.7. The fraction of sp³-hybridized carbons (Fsp3) is 0.448. The average molecular weight is 458 g/mol. The van der Waals surface area contributed by atoms with Crippen LogP contribution in [0.1, 0.15) is 64.2 Å². The maximum absolute atomic E-state index is 12.7. The molecule has 2 amide bonds. The van der Waals surface area contributed by atoms with Gasteiger partial charge in [-0.2, -0.15) is 0 Å². The number of aromatic nitrogens is 1. The summed E-state index contributed by atoms with van der Waals surface area (Å²) in [4.78, 5) is 25.2. The highest BCUT2D eigenvalue weighted by molar-refractivity contribution is 5.97. The lowest BCUT2D eigenvalue weighted by Crippen LogP contribution is -2.24. The summed E-state index contributed by atoms with van der Waals surface area (Å²) in [5, 5.41) is 7.34. The van der Waals surface area contributed by atoms with Crippen LogP contribution in [0.25, 0.3) is 22.2 Å². The lowest BCUT2D eigenvalue weighted by Gasteiger charge is -2.20. The number of aryl methyl sites for hydroxylation is 1. The van der Waals surface area contributed by atoms with E-state index in [1.165, 1.54) is 12.8 Å². The van der Waals surface area contributed by atoms with Crippen molar-refractivity contribution >= 4 is 34.1 Å². The van der Waals surface area contributed by atoms with Crippen molar-refractivity contribution in [3.8, 4) is 11.3 Å². The first kappa shape index (κ1) is 22.7. The first-order chi connectivity index (χ1) is 16.6. The number of carbonyl (C=O) groups excluding carboxylic acids is 2. The summed E-state index contributed by atoms with van der Waals surface area (Å²) in [5.41, 5.74) is 5.05. The Hall–Kier alpha value is -3.08. The quantitative estimate of drug-likeness (QED) is 0.438. The van der Waals surface area contributed by atoms with Gasteiger partial charge in [0.05, 0.1) is 0 Å². The van der Waals surface area contributed by atoms with Gasteiger partial charge in [-0.25, -0.2) is 0 Å². The van der Waals surface area contributed by atoms with E-state index < -0.39 is 0 Å². The van der Waals surface area contributed by atoms with Crippen LogP contribution >= 0.6 is 0 Å². The van der Waals surface area contributed by atoms with Gasteiger partial charge < -0.3 is 15.2 Å². The minimum absolute atomic E-state index is 0.146. The number of carbonyl (C=O) groups is 2. The number of hydrogen-bond donors (Lipinski definition) is 2. The Morgan fingerprint density at radius 2 is 1.24 bits per heavy atom. The Kier molecular flexibility index (Phi) is 6.70. The largest absolute Gasteiger partial charge is 0.344 e. The van der Waals surface area contributed by atoms with Crippen molar-refractivity contribution in [3.63, 3.8) is 0 Å². The van der Waals surface area contributed by atoms with Crippen LogP contribution in [0.3, 0.4) is 0 Å². The van der Waals surface area contributed by atoms with Crippen molar-refractivity contribution < 1.29 is 9.59 Å². The Morgan fingerprint density at radius 1 is 0.706 bits per heavy atom. The molecule has 0 aliphatic heterocycles. The standard InChI is InChI=1S/C29H35N3O2/c1-32-26-17-16-25(31-29(34)22-10-6-3-7-11-22)18-23(26)19-27(32)20-12-14-24(15-13-20)30-28(33)21-8-4-2-5-9-21/h12-19,21-22H,2-11H2,1H3,(H,30,33)(H,31,34). The first-order valence-electron chi connectivity index (χ1n) is 12.9. The van der Waals surface area contributed by atoms with E-state index in [1.807, 2.05) is 18.2 Å². The molecule has 2 N–H and O–H groups in total. The normalized spacial score (nSPS) is 17.6.